The number of hydrogen-bond acceptors (Lipinski definition) is 7. The van der Waals surface area contributed by atoms with Crippen molar-refractivity contribution in [3.05, 3.63) is 75.6 Å². The average Bonchev–Trinajstić information content (AvgIpc) is 2.90. The van der Waals surface area contributed by atoms with Crippen molar-refractivity contribution in [2.45, 2.75) is 40.2 Å². The van der Waals surface area contributed by atoms with Crippen LogP contribution in [0.15, 0.2) is 41.6 Å². The molecule has 10 nitrogen and oxygen atoms in total. The Balaban J connectivity index is 2.01. The van der Waals surface area contributed by atoms with E-state index in [1.54, 1.807) is 65.7 Å². The number of carbonyl (C=O) groups excluding carboxylic acids is 1. The number of hydrogen-bond donors (Lipinski definition) is 1. The first kappa shape index (κ1) is 30.1. The molecule has 4 rings (SSSR count). The number of carbonyl (C=O) groups is 2. The van der Waals surface area contributed by atoms with Gasteiger partial charge in [-0.2, -0.15) is 0 Å². The van der Waals surface area contributed by atoms with E-state index in [0.717, 1.165) is 21.6 Å². The molecule has 42 heavy (non-hydrogen) atoms. The number of carboxylic acid groups (broad SMARTS) is 1. The third-order valence-electron chi connectivity index (χ3n) is 6.66. The van der Waals surface area contributed by atoms with E-state index >= 15 is 8.78 Å². The minimum Gasteiger partial charge on any atom is -0.477 e. The standard InChI is InChI=1S/C30H31F2N5O5/c1-15-21(36(8)29(41)42-30(3,4)5)11-20(31)25(32)23(15)24-16(2)33-12-18(26(24)35(6)7)17-9-10-22-34-13-19(28(39)40)27(38)37(22)14-17/h9-14H,1-8H3,(H,39,40). The minimum absolute atomic E-state index is 0.0938. The summed E-state index contributed by atoms with van der Waals surface area (Å²) in [5.74, 6) is -3.70. The highest BCUT2D eigenvalue weighted by atomic mass is 19.2. The predicted octanol–water partition coefficient (Wildman–Crippen LogP) is 5.45. The topological polar surface area (TPSA) is 117 Å². The highest BCUT2D eigenvalue weighted by molar-refractivity contribution is 5.96. The van der Waals surface area contributed by atoms with Crippen LogP contribution in [0.1, 0.15) is 42.4 Å². The Bertz CT molecular complexity index is 1810. The molecule has 0 saturated heterocycles. The average molecular weight is 580 g/mol. The molecule has 0 fully saturated rings. The number of pyridine rings is 2. The Hall–Kier alpha value is -4.87. The number of ether oxygens (including phenoxy) is 1. The van der Waals surface area contributed by atoms with Crippen molar-refractivity contribution < 1.29 is 28.2 Å². The Morgan fingerprint density at radius 2 is 1.69 bits per heavy atom. The smallest absolute Gasteiger partial charge is 0.414 e. The van der Waals surface area contributed by atoms with Crippen LogP contribution in [-0.2, 0) is 4.74 Å². The van der Waals surface area contributed by atoms with E-state index in [-0.39, 0.29) is 28.0 Å². The van der Waals surface area contributed by atoms with Crippen LogP contribution in [0.25, 0.3) is 27.9 Å². The van der Waals surface area contributed by atoms with Crippen molar-refractivity contribution in [3.63, 3.8) is 0 Å². The van der Waals surface area contributed by atoms with Crippen LogP contribution < -0.4 is 15.4 Å². The number of nitrogens with zero attached hydrogens (tertiary/aromatic N) is 5. The molecule has 0 aliphatic heterocycles. The van der Waals surface area contributed by atoms with Crippen molar-refractivity contribution in [2.75, 3.05) is 30.9 Å². The summed E-state index contributed by atoms with van der Waals surface area (Å²) < 4.78 is 37.5. The zero-order valence-electron chi connectivity index (χ0n) is 24.5. The van der Waals surface area contributed by atoms with Gasteiger partial charge in [-0.1, -0.05) is 0 Å². The molecule has 3 aromatic heterocycles. The number of fused-ring (bicyclic) bond motifs is 1. The predicted molar refractivity (Wildman–Crippen MR) is 155 cm³/mol. The number of amides is 1. The molecule has 0 radical (unpaired) electrons. The van der Waals surface area contributed by atoms with Crippen molar-refractivity contribution in [1.29, 1.82) is 0 Å². The van der Waals surface area contributed by atoms with Crippen molar-refractivity contribution in [1.82, 2.24) is 14.4 Å². The van der Waals surface area contributed by atoms with Gasteiger partial charge in [-0.15, -0.1) is 0 Å². The van der Waals surface area contributed by atoms with E-state index in [4.69, 9.17) is 4.74 Å². The molecule has 0 atom stereocenters. The second-order valence-corrected chi connectivity index (χ2v) is 11.0. The Morgan fingerprint density at radius 3 is 2.29 bits per heavy atom. The first-order valence-electron chi connectivity index (χ1n) is 12.9. The van der Waals surface area contributed by atoms with Gasteiger partial charge >= 0.3 is 12.1 Å². The number of carboxylic acids is 1. The van der Waals surface area contributed by atoms with Crippen LogP contribution in [-0.4, -0.2) is 58.3 Å². The van der Waals surface area contributed by atoms with Crippen LogP contribution in [0.4, 0.5) is 25.0 Å². The summed E-state index contributed by atoms with van der Waals surface area (Å²) in [5.41, 5.74) is 0.450. The fraction of sp³-hybridized carbons (Fsp3) is 0.300. The maximum absolute atomic E-state index is 15.7. The summed E-state index contributed by atoms with van der Waals surface area (Å²) in [6.45, 7) is 8.33. The Morgan fingerprint density at radius 1 is 1.02 bits per heavy atom. The van der Waals surface area contributed by atoms with Crippen LogP contribution in [0, 0.1) is 25.5 Å². The lowest BCUT2D eigenvalue weighted by Gasteiger charge is -2.28. The van der Waals surface area contributed by atoms with Gasteiger partial charge in [0.25, 0.3) is 5.56 Å². The number of rotatable bonds is 5. The number of anilines is 2. The molecule has 0 bridgehead atoms. The number of aromatic nitrogens is 3. The first-order valence-corrected chi connectivity index (χ1v) is 12.9. The maximum Gasteiger partial charge on any atom is 0.414 e. The minimum atomic E-state index is -1.41. The summed E-state index contributed by atoms with van der Waals surface area (Å²) in [5, 5.41) is 9.38. The van der Waals surface area contributed by atoms with Gasteiger partial charge in [-0.25, -0.2) is 23.4 Å². The fourth-order valence-electron chi connectivity index (χ4n) is 4.73. The number of aryl methyl sites for hydroxylation is 1. The molecule has 1 amide bonds. The Labute approximate surface area is 240 Å². The van der Waals surface area contributed by atoms with E-state index in [0.29, 0.717) is 22.5 Å². The molecule has 0 aliphatic rings. The van der Waals surface area contributed by atoms with Gasteiger partial charge in [0.1, 0.15) is 16.8 Å². The van der Waals surface area contributed by atoms with Crippen LogP contribution in [0.5, 0.6) is 0 Å². The van der Waals surface area contributed by atoms with E-state index in [1.807, 2.05) is 0 Å². The summed E-state index contributed by atoms with van der Waals surface area (Å²) in [7, 11) is 4.86. The third kappa shape index (κ3) is 5.39. The molecule has 1 aromatic carbocycles. The molecule has 4 aromatic rings. The van der Waals surface area contributed by atoms with Crippen molar-refractivity contribution in [3.8, 4) is 22.3 Å². The largest absolute Gasteiger partial charge is 0.477 e. The van der Waals surface area contributed by atoms with Gasteiger partial charge < -0.3 is 14.7 Å². The third-order valence-corrected chi connectivity index (χ3v) is 6.66. The summed E-state index contributed by atoms with van der Waals surface area (Å²) >= 11 is 0. The monoisotopic (exact) mass is 579 g/mol. The maximum atomic E-state index is 15.7. The summed E-state index contributed by atoms with van der Waals surface area (Å²) in [6, 6.07) is 4.16. The normalized spacial score (nSPS) is 11.5. The van der Waals surface area contributed by atoms with Gasteiger partial charge in [-0.05, 0) is 52.3 Å². The number of halogens is 2. The van der Waals surface area contributed by atoms with E-state index in [1.165, 1.54) is 19.4 Å². The Kier molecular flexibility index (Phi) is 7.77. The number of aromatic carboxylic acids is 1. The van der Waals surface area contributed by atoms with Gasteiger partial charge in [0, 0.05) is 73.7 Å². The van der Waals surface area contributed by atoms with Gasteiger partial charge in [0.15, 0.2) is 11.6 Å². The molecule has 1 N–H and O–H groups in total. The van der Waals surface area contributed by atoms with Crippen molar-refractivity contribution >= 4 is 29.1 Å². The van der Waals surface area contributed by atoms with E-state index in [9.17, 15) is 19.5 Å². The SMILES string of the molecule is Cc1ncc(-c2ccc3ncc(C(=O)O)c(=O)n3c2)c(N(C)C)c1-c1c(C)c(N(C)C(=O)OC(C)(C)C)cc(F)c1F. The first-order chi connectivity index (χ1) is 19.5. The zero-order chi connectivity index (χ0) is 31.3. The summed E-state index contributed by atoms with van der Waals surface area (Å²) in [6.07, 6.45) is 3.22. The molecule has 0 aliphatic carbocycles. The molecular weight excluding hydrogens is 548 g/mol. The van der Waals surface area contributed by atoms with Crippen LogP contribution in [0.3, 0.4) is 0 Å². The molecule has 0 saturated carbocycles. The fourth-order valence-corrected chi connectivity index (χ4v) is 4.73. The van der Waals surface area contributed by atoms with Crippen LogP contribution in [0.2, 0.25) is 0 Å². The molecule has 3 heterocycles. The van der Waals surface area contributed by atoms with E-state index < -0.39 is 40.4 Å². The number of benzene rings is 1. The lowest BCUT2D eigenvalue weighted by atomic mass is 9.92. The molecule has 0 unspecified atom stereocenters. The van der Waals surface area contributed by atoms with Gasteiger partial charge in [0.05, 0.1) is 11.4 Å². The lowest BCUT2D eigenvalue weighted by Crippen LogP contribution is -2.34. The molecule has 220 valence electrons. The van der Waals surface area contributed by atoms with E-state index in [2.05, 4.69) is 9.97 Å². The van der Waals surface area contributed by atoms with Gasteiger partial charge in [-0.3, -0.25) is 19.1 Å². The highest BCUT2D eigenvalue weighted by Gasteiger charge is 2.29. The second-order valence-electron chi connectivity index (χ2n) is 11.0. The lowest BCUT2D eigenvalue weighted by molar-refractivity contribution is 0.0588. The summed E-state index contributed by atoms with van der Waals surface area (Å²) in [4.78, 5) is 48.6. The highest BCUT2D eigenvalue weighted by Crippen LogP contribution is 2.44. The van der Waals surface area contributed by atoms with Crippen LogP contribution >= 0.6 is 0 Å². The molecule has 12 heteroatoms. The second kappa shape index (κ2) is 10.8. The molecular formula is C30H31F2N5O5. The van der Waals surface area contributed by atoms with Gasteiger partial charge in [0.2, 0.25) is 0 Å². The quantitative estimate of drug-likeness (QED) is 0.332. The zero-order valence-corrected chi connectivity index (χ0v) is 24.5. The van der Waals surface area contributed by atoms with Crippen molar-refractivity contribution in [2.24, 2.45) is 0 Å². The molecule has 0 spiro atoms.